The highest BCUT2D eigenvalue weighted by Gasteiger charge is 2.15. The summed E-state index contributed by atoms with van der Waals surface area (Å²) in [6.07, 6.45) is 0.163. The molecule has 15 heavy (non-hydrogen) atoms. The minimum Gasteiger partial charge on any atom is -0.508 e. The number of aromatic hydroxyl groups is 1. The predicted molar refractivity (Wildman–Crippen MR) is 60.8 cm³/mol. The predicted octanol–water partition coefficient (Wildman–Crippen LogP) is 1.59. The van der Waals surface area contributed by atoms with Gasteiger partial charge in [0.05, 0.1) is 6.10 Å². The van der Waals surface area contributed by atoms with E-state index in [1.165, 1.54) is 0 Å². The second-order valence-corrected chi connectivity index (χ2v) is 4.15. The molecule has 4 N–H and O–H groups in total. The quantitative estimate of drug-likeness (QED) is 0.705. The first-order valence-corrected chi connectivity index (χ1v) is 5.23. The second kappa shape index (κ2) is 5.14. The van der Waals surface area contributed by atoms with E-state index in [1.54, 1.807) is 19.1 Å². The summed E-state index contributed by atoms with van der Waals surface area (Å²) in [5.74, 6) is 0.505. The molecule has 0 aliphatic heterocycles. The van der Waals surface area contributed by atoms with Crippen molar-refractivity contribution in [2.75, 3.05) is 0 Å². The van der Waals surface area contributed by atoms with Crippen molar-refractivity contribution < 1.29 is 10.2 Å². The summed E-state index contributed by atoms with van der Waals surface area (Å²) in [4.78, 5) is 0. The van der Waals surface area contributed by atoms with Crippen LogP contribution in [-0.4, -0.2) is 22.4 Å². The monoisotopic (exact) mass is 209 g/mol. The molecule has 0 heterocycles. The summed E-state index contributed by atoms with van der Waals surface area (Å²) < 4.78 is 0. The fourth-order valence-electron chi connectivity index (χ4n) is 1.52. The number of phenolic OH excluding ortho intramolecular Hbond substituents is 1. The molecule has 3 heteroatoms. The first-order chi connectivity index (χ1) is 7.00. The third-order valence-corrected chi connectivity index (χ3v) is 2.66. The molecule has 0 radical (unpaired) electrons. The molecule has 1 aromatic rings. The Hall–Kier alpha value is -1.06. The van der Waals surface area contributed by atoms with Crippen molar-refractivity contribution >= 4 is 0 Å². The van der Waals surface area contributed by atoms with Gasteiger partial charge in [-0.3, -0.25) is 0 Å². The summed E-state index contributed by atoms with van der Waals surface area (Å²) in [5.41, 5.74) is 6.70. The van der Waals surface area contributed by atoms with Crippen LogP contribution in [0.4, 0.5) is 0 Å². The number of hydrogen-bond acceptors (Lipinski definition) is 3. The summed E-state index contributed by atoms with van der Waals surface area (Å²) >= 11 is 0. The maximum atomic E-state index is 9.64. The lowest BCUT2D eigenvalue weighted by molar-refractivity contribution is 0.134. The molecule has 0 amide bonds. The van der Waals surface area contributed by atoms with E-state index in [-0.39, 0.29) is 17.7 Å². The lowest BCUT2D eigenvalue weighted by Gasteiger charge is -2.19. The average Bonchev–Trinajstić information content (AvgIpc) is 2.18. The van der Waals surface area contributed by atoms with Crippen molar-refractivity contribution in [3.8, 4) is 5.75 Å². The highest BCUT2D eigenvalue weighted by molar-refractivity contribution is 5.28. The number of benzene rings is 1. The molecule has 0 aromatic heterocycles. The Morgan fingerprint density at radius 3 is 2.20 bits per heavy atom. The van der Waals surface area contributed by atoms with Gasteiger partial charge in [-0.15, -0.1) is 0 Å². The zero-order chi connectivity index (χ0) is 11.4. The van der Waals surface area contributed by atoms with E-state index in [0.29, 0.717) is 6.42 Å². The summed E-state index contributed by atoms with van der Waals surface area (Å²) in [6, 6.07) is 6.85. The van der Waals surface area contributed by atoms with Gasteiger partial charge in [-0.1, -0.05) is 19.1 Å². The van der Waals surface area contributed by atoms with Gasteiger partial charge in [0.2, 0.25) is 0 Å². The first kappa shape index (κ1) is 12.0. The number of nitrogens with two attached hydrogens (primary N) is 1. The van der Waals surface area contributed by atoms with Crippen LogP contribution in [0.25, 0.3) is 0 Å². The zero-order valence-corrected chi connectivity index (χ0v) is 9.22. The molecule has 3 nitrogen and oxygen atoms in total. The van der Waals surface area contributed by atoms with Crippen molar-refractivity contribution in [1.82, 2.24) is 0 Å². The Morgan fingerprint density at radius 2 is 1.73 bits per heavy atom. The van der Waals surface area contributed by atoms with Crippen LogP contribution >= 0.6 is 0 Å². The molecule has 0 aliphatic rings. The SMILES string of the molecule is CC(CC(O)C(C)N)c1ccc(O)cc1. The number of phenols is 1. The van der Waals surface area contributed by atoms with Gasteiger partial charge in [0.1, 0.15) is 5.75 Å². The van der Waals surface area contributed by atoms with Gasteiger partial charge in [0.15, 0.2) is 0 Å². The fraction of sp³-hybridized carbons (Fsp3) is 0.500. The maximum Gasteiger partial charge on any atom is 0.115 e. The number of aliphatic hydroxyl groups excluding tert-OH is 1. The van der Waals surface area contributed by atoms with Crippen molar-refractivity contribution in [2.24, 2.45) is 5.73 Å². The Kier molecular flexibility index (Phi) is 4.12. The molecule has 0 spiro atoms. The highest BCUT2D eigenvalue weighted by Crippen LogP contribution is 2.23. The van der Waals surface area contributed by atoms with E-state index in [2.05, 4.69) is 0 Å². The Balaban J connectivity index is 2.61. The molecule has 3 atom stereocenters. The van der Waals surface area contributed by atoms with Gasteiger partial charge < -0.3 is 15.9 Å². The molecule has 0 fully saturated rings. The number of rotatable bonds is 4. The lowest BCUT2D eigenvalue weighted by Crippen LogP contribution is -2.32. The molecule has 0 saturated carbocycles. The molecule has 0 aliphatic carbocycles. The number of hydrogen-bond donors (Lipinski definition) is 3. The highest BCUT2D eigenvalue weighted by atomic mass is 16.3. The molecule has 1 rings (SSSR count). The van der Waals surface area contributed by atoms with Crippen LogP contribution in [0.5, 0.6) is 5.75 Å². The Morgan fingerprint density at radius 1 is 1.20 bits per heavy atom. The maximum absolute atomic E-state index is 9.64. The largest absolute Gasteiger partial charge is 0.508 e. The van der Waals surface area contributed by atoms with Crippen LogP contribution < -0.4 is 5.73 Å². The van der Waals surface area contributed by atoms with Crippen molar-refractivity contribution in [1.29, 1.82) is 0 Å². The van der Waals surface area contributed by atoms with Crippen LogP contribution in [0.3, 0.4) is 0 Å². The van der Waals surface area contributed by atoms with E-state index in [9.17, 15) is 5.11 Å². The van der Waals surface area contributed by atoms with Gasteiger partial charge in [0.25, 0.3) is 0 Å². The van der Waals surface area contributed by atoms with E-state index >= 15 is 0 Å². The molecule has 0 bridgehead atoms. The molecule has 0 saturated heterocycles. The van der Waals surface area contributed by atoms with Crippen molar-refractivity contribution in [3.05, 3.63) is 29.8 Å². The fourth-order valence-corrected chi connectivity index (χ4v) is 1.52. The van der Waals surface area contributed by atoms with E-state index in [0.717, 1.165) is 5.56 Å². The molecular formula is C12H19NO2. The van der Waals surface area contributed by atoms with Gasteiger partial charge in [-0.2, -0.15) is 0 Å². The molecular weight excluding hydrogens is 190 g/mol. The van der Waals surface area contributed by atoms with Crippen LogP contribution in [0.1, 0.15) is 31.7 Å². The van der Waals surface area contributed by atoms with Crippen LogP contribution in [-0.2, 0) is 0 Å². The lowest BCUT2D eigenvalue weighted by atomic mass is 9.93. The third kappa shape index (κ3) is 3.53. The minimum atomic E-state index is -0.478. The van der Waals surface area contributed by atoms with Gasteiger partial charge in [-0.05, 0) is 37.0 Å². The van der Waals surface area contributed by atoms with Crippen LogP contribution in [0.2, 0.25) is 0 Å². The van der Waals surface area contributed by atoms with Gasteiger partial charge >= 0.3 is 0 Å². The Bertz CT molecular complexity index is 295. The standard InChI is InChI=1S/C12H19NO2/c1-8(7-12(15)9(2)13)10-3-5-11(14)6-4-10/h3-6,8-9,12,14-15H,7,13H2,1-2H3. The van der Waals surface area contributed by atoms with Crippen molar-refractivity contribution in [2.45, 2.75) is 38.3 Å². The van der Waals surface area contributed by atoms with Crippen molar-refractivity contribution in [3.63, 3.8) is 0 Å². The van der Waals surface area contributed by atoms with Crippen LogP contribution in [0, 0.1) is 0 Å². The van der Waals surface area contributed by atoms with E-state index in [4.69, 9.17) is 10.8 Å². The van der Waals surface area contributed by atoms with Gasteiger partial charge in [0, 0.05) is 6.04 Å². The van der Waals surface area contributed by atoms with E-state index < -0.39 is 6.10 Å². The van der Waals surface area contributed by atoms with Crippen LogP contribution in [0.15, 0.2) is 24.3 Å². The summed E-state index contributed by atoms with van der Waals surface area (Å²) in [5, 5.41) is 18.8. The minimum absolute atomic E-state index is 0.204. The summed E-state index contributed by atoms with van der Waals surface area (Å²) in [7, 11) is 0. The average molecular weight is 209 g/mol. The zero-order valence-electron chi connectivity index (χ0n) is 9.22. The van der Waals surface area contributed by atoms with Gasteiger partial charge in [-0.25, -0.2) is 0 Å². The van der Waals surface area contributed by atoms with E-state index in [1.807, 2.05) is 19.1 Å². The number of aliphatic hydroxyl groups is 1. The molecule has 1 aromatic carbocycles. The molecule has 84 valence electrons. The second-order valence-electron chi connectivity index (χ2n) is 4.15. The molecule has 3 unspecified atom stereocenters. The topological polar surface area (TPSA) is 66.5 Å². The first-order valence-electron chi connectivity index (χ1n) is 5.23. The normalized spacial score (nSPS) is 17.1. The summed E-state index contributed by atoms with van der Waals surface area (Å²) in [6.45, 7) is 3.84. The smallest absolute Gasteiger partial charge is 0.115 e. The third-order valence-electron chi connectivity index (χ3n) is 2.66. The Labute approximate surface area is 90.5 Å².